The average molecular weight is 476 g/mol. The molecule has 0 aromatic heterocycles. The highest BCUT2D eigenvalue weighted by Crippen LogP contribution is 2.12. The zero-order valence-corrected chi connectivity index (χ0v) is 17.5. The molecule has 1 aromatic rings. The van der Waals surface area contributed by atoms with E-state index < -0.39 is 5.91 Å². The number of nitrogens with zero attached hydrogens (tertiary/aromatic N) is 1. The van der Waals surface area contributed by atoms with Gasteiger partial charge in [0.2, 0.25) is 5.91 Å². The van der Waals surface area contributed by atoms with Crippen molar-refractivity contribution in [2.24, 2.45) is 16.6 Å². The fraction of sp³-hybridized carbons (Fsp3) is 0.556. The topological polar surface area (TPSA) is 98.0 Å². The van der Waals surface area contributed by atoms with E-state index in [9.17, 15) is 4.79 Å². The minimum Gasteiger partial charge on any atom is -0.381 e. The first-order chi connectivity index (χ1) is 12.2. The van der Waals surface area contributed by atoms with E-state index in [1.807, 2.05) is 12.1 Å². The molecule has 7 nitrogen and oxygen atoms in total. The molecule has 0 aliphatic carbocycles. The van der Waals surface area contributed by atoms with E-state index in [-0.39, 0.29) is 24.0 Å². The Morgan fingerprint density at radius 3 is 2.96 bits per heavy atom. The van der Waals surface area contributed by atoms with Gasteiger partial charge in [-0.3, -0.25) is 9.79 Å². The minimum atomic E-state index is -0.423. The second kappa shape index (κ2) is 12.9. The lowest BCUT2D eigenvalue weighted by molar-refractivity contribution is 0.0888. The molecule has 1 amide bonds. The molecule has 1 aliphatic rings. The highest BCUT2D eigenvalue weighted by molar-refractivity contribution is 14.0. The number of carbonyl (C=O) groups excluding carboxylic acids is 1. The number of hydrogen-bond acceptors (Lipinski definition) is 4. The van der Waals surface area contributed by atoms with Crippen molar-refractivity contribution in [3.8, 4) is 0 Å². The third-order valence-corrected chi connectivity index (χ3v) is 4.03. The molecule has 0 bridgehead atoms. The van der Waals surface area contributed by atoms with Crippen LogP contribution in [0.25, 0.3) is 0 Å². The van der Waals surface area contributed by atoms with Gasteiger partial charge in [-0.2, -0.15) is 0 Å². The predicted molar refractivity (Wildman–Crippen MR) is 113 cm³/mol. The van der Waals surface area contributed by atoms with Gasteiger partial charge in [-0.1, -0.05) is 12.1 Å². The third kappa shape index (κ3) is 8.33. The van der Waals surface area contributed by atoms with Gasteiger partial charge < -0.3 is 25.8 Å². The highest BCUT2D eigenvalue weighted by Gasteiger charge is 2.15. The standard InChI is InChI=1S/C18H28N4O3.HI/c1-20-18(21-7-3-8-24-12-15-6-9-25-13-15)22-11-14-4-2-5-16(10-14)17(19)23;/h2,4-5,10,15H,3,6-9,11-13H2,1H3,(H2,19,23)(H2,20,21,22);1H. The summed E-state index contributed by atoms with van der Waals surface area (Å²) >= 11 is 0. The summed E-state index contributed by atoms with van der Waals surface area (Å²) in [6, 6.07) is 7.24. The molecule has 1 heterocycles. The Balaban J connectivity index is 0.00000338. The lowest BCUT2D eigenvalue weighted by atomic mass is 10.1. The number of benzene rings is 1. The summed E-state index contributed by atoms with van der Waals surface area (Å²) in [5.74, 6) is 0.848. The zero-order valence-electron chi connectivity index (χ0n) is 15.2. The van der Waals surface area contributed by atoms with Crippen LogP contribution in [-0.2, 0) is 16.0 Å². The fourth-order valence-electron chi connectivity index (χ4n) is 2.59. The summed E-state index contributed by atoms with van der Waals surface area (Å²) in [5, 5.41) is 6.46. The van der Waals surface area contributed by atoms with Gasteiger partial charge in [-0.15, -0.1) is 24.0 Å². The molecule has 1 fully saturated rings. The summed E-state index contributed by atoms with van der Waals surface area (Å²) in [4.78, 5) is 15.4. The number of nitrogens with two attached hydrogens (primary N) is 1. The van der Waals surface area contributed by atoms with Crippen molar-refractivity contribution in [2.45, 2.75) is 19.4 Å². The molecular formula is C18H29IN4O3. The van der Waals surface area contributed by atoms with Crippen LogP contribution in [0.3, 0.4) is 0 Å². The van der Waals surface area contributed by atoms with Gasteiger partial charge >= 0.3 is 0 Å². The Kier molecular flexibility index (Phi) is 11.2. The van der Waals surface area contributed by atoms with Crippen LogP contribution < -0.4 is 16.4 Å². The first kappa shape index (κ1) is 22.7. The van der Waals surface area contributed by atoms with E-state index in [4.69, 9.17) is 15.2 Å². The molecule has 4 N–H and O–H groups in total. The molecule has 2 rings (SSSR count). The number of rotatable bonds is 9. The maximum absolute atomic E-state index is 11.2. The number of aliphatic imine (C=N–C) groups is 1. The molecule has 26 heavy (non-hydrogen) atoms. The van der Waals surface area contributed by atoms with E-state index in [0.717, 1.165) is 51.4 Å². The monoisotopic (exact) mass is 476 g/mol. The van der Waals surface area contributed by atoms with Crippen LogP contribution in [0.4, 0.5) is 0 Å². The van der Waals surface area contributed by atoms with Gasteiger partial charge in [-0.25, -0.2) is 0 Å². The molecule has 1 unspecified atom stereocenters. The van der Waals surface area contributed by atoms with Crippen LogP contribution in [0.5, 0.6) is 0 Å². The van der Waals surface area contributed by atoms with Crippen molar-refractivity contribution in [3.05, 3.63) is 35.4 Å². The molecule has 1 aliphatic heterocycles. The van der Waals surface area contributed by atoms with Crippen molar-refractivity contribution in [3.63, 3.8) is 0 Å². The first-order valence-corrected chi connectivity index (χ1v) is 8.68. The molecule has 0 spiro atoms. The van der Waals surface area contributed by atoms with Crippen molar-refractivity contribution in [2.75, 3.05) is 40.0 Å². The number of carbonyl (C=O) groups is 1. The summed E-state index contributed by atoms with van der Waals surface area (Å²) in [7, 11) is 1.73. The van der Waals surface area contributed by atoms with Crippen molar-refractivity contribution < 1.29 is 14.3 Å². The van der Waals surface area contributed by atoms with E-state index in [1.165, 1.54) is 0 Å². The van der Waals surface area contributed by atoms with Gasteiger partial charge in [0.15, 0.2) is 5.96 Å². The lowest BCUT2D eigenvalue weighted by Gasteiger charge is -2.13. The summed E-state index contributed by atoms with van der Waals surface area (Å²) in [5.41, 5.74) is 6.78. The van der Waals surface area contributed by atoms with Gasteiger partial charge in [-0.05, 0) is 30.5 Å². The van der Waals surface area contributed by atoms with E-state index in [0.29, 0.717) is 24.0 Å². The number of guanidine groups is 1. The number of nitrogens with one attached hydrogen (secondary N) is 2. The Morgan fingerprint density at radius 1 is 1.42 bits per heavy atom. The summed E-state index contributed by atoms with van der Waals surface area (Å²) in [6.07, 6.45) is 2.01. The normalized spacial score (nSPS) is 16.8. The van der Waals surface area contributed by atoms with Crippen LogP contribution in [0.15, 0.2) is 29.3 Å². The molecule has 146 valence electrons. The number of ether oxygens (including phenoxy) is 2. The fourth-order valence-corrected chi connectivity index (χ4v) is 2.59. The summed E-state index contributed by atoms with van der Waals surface area (Å²) < 4.78 is 11.0. The Morgan fingerprint density at radius 2 is 2.27 bits per heavy atom. The Labute approximate surface area is 172 Å². The highest BCUT2D eigenvalue weighted by atomic mass is 127. The molecule has 1 atom stereocenters. The molecule has 1 aromatic carbocycles. The molecular weight excluding hydrogens is 447 g/mol. The van der Waals surface area contributed by atoms with E-state index in [2.05, 4.69) is 15.6 Å². The number of primary amides is 1. The van der Waals surface area contributed by atoms with Gasteiger partial charge in [0, 0.05) is 44.8 Å². The van der Waals surface area contributed by atoms with Crippen molar-refractivity contribution >= 4 is 35.8 Å². The Hall–Kier alpha value is -1.39. The summed E-state index contributed by atoms with van der Waals surface area (Å²) in [6.45, 7) is 4.54. The molecule has 1 saturated heterocycles. The number of hydrogen-bond donors (Lipinski definition) is 3. The lowest BCUT2D eigenvalue weighted by Crippen LogP contribution is -2.37. The quantitative estimate of drug-likeness (QED) is 0.217. The number of amides is 1. The zero-order chi connectivity index (χ0) is 17.9. The van der Waals surface area contributed by atoms with Crippen LogP contribution in [-0.4, -0.2) is 51.9 Å². The molecule has 0 saturated carbocycles. The van der Waals surface area contributed by atoms with Crippen LogP contribution >= 0.6 is 24.0 Å². The van der Waals surface area contributed by atoms with Crippen molar-refractivity contribution in [1.82, 2.24) is 10.6 Å². The SMILES string of the molecule is CN=C(NCCCOCC1CCOC1)NCc1cccc(C(N)=O)c1.I. The van der Waals surface area contributed by atoms with Crippen LogP contribution in [0, 0.1) is 5.92 Å². The minimum absolute atomic E-state index is 0. The first-order valence-electron chi connectivity index (χ1n) is 8.68. The second-order valence-electron chi connectivity index (χ2n) is 6.08. The van der Waals surface area contributed by atoms with Crippen LogP contribution in [0.2, 0.25) is 0 Å². The van der Waals surface area contributed by atoms with E-state index in [1.54, 1.807) is 19.2 Å². The van der Waals surface area contributed by atoms with E-state index >= 15 is 0 Å². The molecule has 0 radical (unpaired) electrons. The number of halogens is 1. The van der Waals surface area contributed by atoms with Crippen molar-refractivity contribution in [1.29, 1.82) is 0 Å². The largest absolute Gasteiger partial charge is 0.381 e. The maximum Gasteiger partial charge on any atom is 0.248 e. The average Bonchev–Trinajstić information content (AvgIpc) is 3.14. The maximum atomic E-state index is 11.2. The Bertz CT molecular complexity index is 577. The predicted octanol–water partition coefficient (Wildman–Crippen LogP) is 1.51. The molecule has 8 heteroatoms. The van der Waals surface area contributed by atoms with Gasteiger partial charge in [0.1, 0.15) is 0 Å². The second-order valence-corrected chi connectivity index (χ2v) is 6.08. The van der Waals surface area contributed by atoms with Gasteiger partial charge in [0.05, 0.1) is 13.2 Å². The third-order valence-electron chi connectivity index (χ3n) is 4.03. The smallest absolute Gasteiger partial charge is 0.248 e. The van der Waals surface area contributed by atoms with Crippen LogP contribution in [0.1, 0.15) is 28.8 Å². The van der Waals surface area contributed by atoms with Gasteiger partial charge in [0.25, 0.3) is 0 Å².